The smallest absolute Gasteiger partial charge is 0.230 e. The Balaban J connectivity index is 0.00000128. The lowest BCUT2D eigenvalue weighted by atomic mass is 10.0. The second-order valence-corrected chi connectivity index (χ2v) is 3.43. The van der Waals surface area contributed by atoms with Gasteiger partial charge >= 0.3 is 0 Å². The zero-order chi connectivity index (χ0) is 10.7. The van der Waals surface area contributed by atoms with Crippen LogP contribution in [0.15, 0.2) is 18.3 Å². The number of hydrogen-bond donors (Lipinski definition) is 2. The van der Waals surface area contributed by atoms with Gasteiger partial charge in [0.25, 0.3) is 0 Å². The summed E-state index contributed by atoms with van der Waals surface area (Å²) in [6, 6.07) is 3.49. The van der Waals surface area contributed by atoms with Crippen molar-refractivity contribution in [1.82, 2.24) is 10.3 Å². The summed E-state index contributed by atoms with van der Waals surface area (Å²) in [6.07, 6.45) is 1.59. The van der Waals surface area contributed by atoms with Crippen molar-refractivity contribution in [2.24, 2.45) is 5.92 Å². The second kappa shape index (κ2) is 5.67. The number of carbonyl (C=O) groups is 1. The van der Waals surface area contributed by atoms with E-state index in [1.165, 1.54) is 0 Å². The van der Waals surface area contributed by atoms with Crippen molar-refractivity contribution in [2.45, 2.75) is 0 Å². The number of nitrogens with one attached hydrogen (secondary N) is 2. The highest BCUT2D eigenvalue weighted by Gasteiger charge is 2.24. The van der Waals surface area contributed by atoms with Crippen LogP contribution in [0.25, 0.3) is 0 Å². The van der Waals surface area contributed by atoms with Crippen LogP contribution in [0.5, 0.6) is 5.88 Å². The summed E-state index contributed by atoms with van der Waals surface area (Å²) in [6.45, 7) is 1.52. The quantitative estimate of drug-likeness (QED) is 0.819. The lowest BCUT2D eigenvalue weighted by Gasteiger charge is -2.25. The van der Waals surface area contributed by atoms with Gasteiger partial charge in [0.1, 0.15) is 0 Å². The maximum atomic E-state index is 11.5. The van der Waals surface area contributed by atoms with Gasteiger partial charge in [0.05, 0.1) is 24.9 Å². The molecule has 0 saturated carbocycles. The minimum Gasteiger partial charge on any atom is -0.481 e. The van der Waals surface area contributed by atoms with Crippen LogP contribution < -0.4 is 15.4 Å². The molecule has 2 rings (SSSR count). The Kier molecular flexibility index (Phi) is 4.52. The van der Waals surface area contributed by atoms with Crippen LogP contribution in [0.3, 0.4) is 0 Å². The van der Waals surface area contributed by atoms with E-state index in [0.29, 0.717) is 11.6 Å². The number of hydrogen-bond acceptors (Lipinski definition) is 4. The van der Waals surface area contributed by atoms with E-state index in [2.05, 4.69) is 15.6 Å². The van der Waals surface area contributed by atoms with Crippen molar-refractivity contribution in [3.63, 3.8) is 0 Å². The molecule has 1 saturated heterocycles. The Morgan fingerprint density at radius 3 is 2.75 bits per heavy atom. The fourth-order valence-corrected chi connectivity index (χ4v) is 1.29. The number of rotatable bonds is 3. The molecule has 0 atom stereocenters. The fourth-order valence-electron chi connectivity index (χ4n) is 1.29. The van der Waals surface area contributed by atoms with Gasteiger partial charge in [-0.3, -0.25) is 4.79 Å². The molecule has 16 heavy (non-hydrogen) atoms. The summed E-state index contributed by atoms with van der Waals surface area (Å²) < 4.78 is 4.92. The Morgan fingerprint density at radius 1 is 1.56 bits per heavy atom. The Bertz CT molecular complexity index is 352. The Hall–Kier alpha value is -1.33. The molecular formula is C10H14ClN3O2. The third-order valence-corrected chi connectivity index (χ3v) is 2.37. The van der Waals surface area contributed by atoms with E-state index >= 15 is 0 Å². The van der Waals surface area contributed by atoms with Gasteiger partial charge in [-0.25, -0.2) is 4.98 Å². The van der Waals surface area contributed by atoms with Crippen molar-refractivity contribution in [2.75, 3.05) is 25.5 Å². The van der Waals surface area contributed by atoms with Gasteiger partial charge in [0.15, 0.2) is 0 Å². The van der Waals surface area contributed by atoms with Crippen LogP contribution >= 0.6 is 12.4 Å². The summed E-state index contributed by atoms with van der Waals surface area (Å²) >= 11 is 0. The first-order valence-corrected chi connectivity index (χ1v) is 4.81. The van der Waals surface area contributed by atoms with Crippen molar-refractivity contribution < 1.29 is 9.53 Å². The number of aromatic nitrogens is 1. The van der Waals surface area contributed by atoms with Crippen LogP contribution in [-0.2, 0) is 4.79 Å². The highest BCUT2D eigenvalue weighted by Crippen LogP contribution is 2.13. The first kappa shape index (κ1) is 12.7. The van der Waals surface area contributed by atoms with E-state index in [1.54, 1.807) is 25.4 Å². The van der Waals surface area contributed by atoms with E-state index in [1.807, 2.05) is 0 Å². The molecule has 0 radical (unpaired) electrons. The van der Waals surface area contributed by atoms with Crippen LogP contribution in [0.4, 0.5) is 5.69 Å². The van der Waals surface area contributed by atoms with E-state index in [-0.39, 0.29) is 24.2 Å². The minimum atomic E-state index is 0. The molecule has 5 nitrogen and oxygen atoms in total. The topological polar surface area (TPSA) is 63.2 Å². The first-order chi connectivity index (χ1) is 7.29. The van der Waals surface area contributed by atoms with Crippen molar-refractivity contribution in [3.05, 3.63) is 18.3 Å². The minimum absolute atomic E-state index is 0. The molecule has 0 unspecified atom stereocenters. The number of methoxy groups -OCH3 is 1. The zero-order valence-corrected chi connectivity index (χ0v) is 9.71. The second-order valence-electron chi connectivity index (χ2n) is 3.43. The van der Waals surface area contributed by atoms with Crippen LogP contribution in [0, 0.1) is 5.92 Å². The number of carbonyl (C=O) groups excluding carboxylic acids is 1. The summed E-state index contributed by atoms with van der Waals surface area (Å²) in [5.74, 6) is 0.672. The lowest BCUT2D eigenvalue weighted by Crippen LogP contribution is -2.48. The number of anilines is 1. The normalized spacial score (nSPS) is 14.6. The molecule has 0 bridgehead atoms. The van der Waals surface area contributed by atoms with E-state index in [4.69, 9.17) is 4.74 Å². The molecule has 2 heterocycles. The molecule has 2 N–H and O–H groups in total. The number of pyridine rings is 1. The molecule has 0 aliphatic carbocycles. The van der Waals surface area contributed by atoms with Crippen LogP contribution in [0.1, 0.15) is 0 Å². The van der Waals surface area contributed by atoms with E-state index < -0.39 is 0 Å². The number of halogens is 1. The molecule has 1 aliphatic rings. The largest absolute Gasteiger partial charge is 0.481 e. The van der Waals surface area contributed by atoms with Gasteiger partial charge in [0, 0.05) is 19.2 Å². The van der Waals surface area contributed by atoms with E-state index in [9.17, 15) is 4.79 Å². The number of amides is 1. The lowest BCUT2D eigenvalue weighted by molar-refractivity contribution is -0.121. The maximum absolute atomic E-state index is 11.5. The molecule has 88 valence electrons. The molecule has 6 heteroatoms. The van der Waals surface area contributed by atoms with Crippen molar-refractivity contribution in [1.29, 1.82) is 0 Å². The highest BCUT2D eigenvalue weighted by molar-refractivity contribution is 5.93. The number of ether oxygens (including phenoxy) is 1. The summed E-state index contributed by atoms with van der Waals surface area (Å²) in [5, 5.41) is 5.85. The molecule has 0 aromatic carbocycles. The predicted molar refractivity (Wildman–Crippen MR) is 63.0 cm³/mol. The van der Waals surface area contributed by atoms with Crippen molar-refractivity contribution in [3.8, 4) is 5.88 Å². The first-order valence-electron chi connectivity index (χ1n) is 4.81. The van der Waals surface area contributed by atoms with Gasteiger partial charge in [-0.15, -0.1) is 12.4 Å². The van der Waals surface area contributed by atoms with Gasteiger partial charge in [-0.1, -0.05) is 0 Å². The molecule has 1 aromatic rings. The third-order valence-electron chi connectivity index (χ3n) is 2.37. The SMILES string of the molecule is COc1ccc(NC(=O)C2CNC2)cn1.Cl. The Labute approximate surface area is 100.0 Å². The van der Waals surface area contributed by atoms with E-state index in [0.717, 1.165) is 13.1 Å². The summed E-state index contributed by atoms with van der Waals surface area (Å²) in [7, 11) is 1.56. The zero-order valence-electron chi connectivity index (χ0n) is 8.90. The molecule has 1 amide bonds. The standard InChI is InChI=1S/C10H13N3O2.ClH/c1-15-9-3-2-8(6-12-9)13-10(14)7-4-11-5-7;/h2-3,6-7,11H,4-5H2,1H3,(H,13,14);1H. The van der Waals surface area contributed by atoms with Gasteiger partial charge < -0.3 is 15.4 Å². The number of nitrogens with zero attached hydrogens (tertiary/aromatic N) is 1. The summed E-state index contributed by atoms with van der Waals surface area (Å²) in [4.78, 5) is 15.5. The fraction of sp³-hybridized carbons (Fsp3) is 0.400. The third kappa shape index (κ3) is 2.84. The van der Waals surface area contributed by atoms with Gasteiger partial charge in [0.2, 0.25) is 11.8 Å². The average molecular weight is 244 g/mol. The highest BCUT2D eigenvalue weighted by atomic mass is 35.5. The monoisotopic (exact) mass is 243 g/mol. The molecule has 0 spiro atoms. The van der Waals surface area contributed by atoms with Gasteiger partial charge in [-0.05, 0) is 6.07 Å². The summed E-state index contributed by atoms with van der Waals surface area (Å²) in [5.41, 5.74) is 0.702. The van der Waals surface area contributed by atoms with Crippen LogP contribution in [0.2, 0.25) is 0 Å². The van der Waals surface area contributed by atoms with Crippen molar-refractivity contribution >= 4 is 24.0 Å². The molecular weight excluding hydrogens is 230 g/mol. The van der Waals surface area contributed by atoms with Gasteiger partial charge in [-0.2, -0.15) is 0 Å². The molecule has 1 fully saturated rings. The molecule has 1 aromatic heterocycles. The average Bonchev–Trinajstić information content (AvgIpc) is 2.16. The maximum Gasteiger partial charge on any atom is 0.230 e. The molecule has 1 aliphatic heterocycles. The Morgan fingerprint density at radius 2 is 2.31 bits per heavy atom. The predicted octanol–water partition coefficient (Wildman–Crippen LogP) is 0.670. The van der Waals surface area contributed by atoms with Crippen LogP contribution in [-0.4, -0.2) is 31.1 Å².